The van der Waals surface area contributed by atoms with Crippen molar-refractivity contribution in [3.8, 4) is 0 Å². The van der Waals surface area contributed by atoms with Gasteiger partial charge in [-0.25, -0.2) is 14.6 Å². The van der Waals surface area contributed by atoms with E-state index in [-0.39, 0.29) is 35.9 Å². The molecule has 0 bridgehead atoms. The van der Waals surface area contributed by atoms with Crippen LogP contribution in [0.2, 0.25) is 0 Å². The maximum Gasteiger partial charge on any atom is 0.355 e. The van der Waals surface area contributed by atoms with E-state index >= 15 is 0 Å². The van der Waals surface area contributed by atoms with Crippen LogP contribution in [0.25, 0.3) is 10.2 Å². The summed E-state index contributed by atoms with van der Waals surface area (Å²) in [5.41, 5.74) is 1.75. The van der Waals surface area contributed by atoms with Gasteiger partial charge >= 0.3 is 11.9 Å². The molecule has 3 aromatic heterocycles. The molecule has 0 aromatic carbocycles. The average Bonchev–Trinajstić information content (AvgIpc) is 3.17. The Morgan fingerprint density at radius 1 is 1.19 bits per heavy atom. The van der Waals surface area contributed by atoms with Gasteiger partial charge in [0, 0.05) is 5.69 Å². The summed E-state index contributed by atoms with van der Waals surface area (Å²) < 4.78 is 10.8. The third-order valence-electron chi connectivity index (χ3n) is 3.83. The highest BCUT2D eigenvalue weighted by Crippen LogP contribution is 2.20. The lowest BCUT2D eigenvalue weighted by Crippen LogP contribution is -2.14. The molecule has 3 aromatic rings. The fraction of sp³-hybridized carbons (Fsp3) is 0.294. The first-order valence-corrected chi connectivity index (χ1v) is 8.80. The topological polar surface area (TPSA) is 114 Å². The first kappa shape index (κ1) is 17.9. The van der Waals surface area contributed by atoms with Crippen molar-refractivity contribution >= 4 is 33.5 Å². The lowest BCUT2D eigenvalue weighted by molar-refractivity contribution is 0.0461. The molecule has 2 N–H and O–H groups in total. The summed E-state index contributed by atoms with van der Waals surface area (Å²) in [5.74, 6) is -0.883. The monoisotopic (exact) mass is 375 g/mol. The van der Waals surface area contributed by atoms with Gasteiger partial charge in [0.15, 0.2) is 0 Å². The fourth-order valence-corrected chi connectivity index (χ4v) is 3.39. The predicted molar refractivity (Wildman–Crippen MR) is 95.6 cm³/mol. The largest absolute Gasteiger partial charge is 0.461 e. The molecule has 0 saturated carbocycles. The standard InChI is InChI=1S/C17H17N3O5S/c1-4-24-17(23)13-8(2)12(9(3)18-13)16(22)25-7-11-19-10-5-6-26-14(10)15(21)20-11/h5-6,18H,4,7H2,1-3H3,(H,19,20,21). The van der Waals surface area contributed by atoms with Gasteiger partial charge in [-0.2, -0.15) is 0 Å². The molecule has 136 valence electrons. The third-order valence-corrected chi connectivity index (χ3v) is 4.73. The normalized spacial score (nSPS) is 10.9. The summed E-state index contributed by atoms with van der Waals surface area (Å²) in [5, 5.41) is 1.77. The molecule has 0 saturated heterocycles. The summed E-state index contributed by atoms with van der Waals surface area (Å²) in [6.07, 6.45) is 0. The molecule has 0 spiro atoms. The average molecular weight is 375 g/mol. The van der Waals surface area contributed by atoms with Crippen LogP contribution >= 0.6 is 11.3 Å². The molecular weight excluding hydrogens is 358 g/mol. The molecule has 0 atom stereocenters. The summed E-state index contributed by atoms with van der Waals surface area (Å²) in [4.78, 5) is 46.0. The second-order valence-electron chi connectivity index (χ2n) is 5.57. The zero-order chi connectivity index (χ0) is 18.8. The molecular formula is C17H17N3O5S. The van der Waals surface area contributed by atoms with Crippen molar-refractivity contribution in [2.75, 3.05) is 6.61 Å². The second-order valence-corrected chi connectivity index (χ2v) is 6.49. The van der Waals surface area contributed by atoms with E-state index in [0.29, 0.717) is 21.5 Å². The third kappa shape index (κ3) is 3.25. The van der Waals surface area contributed by atoms with Crippen LogP contribution in [0.1, 0.15) is 44.9 Å². The molecule has 0 unspecified atom stereocenters. The molecule has 0 aliphatic heterocycles. The quantitative estimate of drug-likeness (QED) is 0.662. The van der Waals surface area contributed by atoms with E-state index in [9.17, 15) is 14.4 Å². The molecule has 9 heteroatoms. The number of ether oxygens (including phenoxy) is 2. The number of nitrogens with zero attached hydrogens (tertiary/aromatic N) is 1. The Bertz CT molecular complexity index is 1050. The highest BCUT2D eigenvalue weighted by molar-refractivity contribution is 7.17. The Kier molecular flexibility index (Phi) is 4.90. The number of hydrogen-bond donors (Lipinski definition) is 2. The minimum Gasteiger partial charge on any atom is -0.461 e. The van der Waals surface area contributed by atoms with Gasteiger partial charge in [-0.3, -0.25) is 4.79 Å². The molecule has 26 heavy (non-hydrogen) atoms. The Hall–Kier alpha value is -2.94. The minimum absolute atomic E-state index is 0.182. The van der Waals surface area contributed by atoms with Crippen molar-refractivity contribution in [1.29, 1.82) is 0 Å². The summed E-state index contributed by atoms with van der Waals surface area (Å²) >= 11 is 1.30. The number of fused-ring (bicyclic) bond motifs is 1. The Labute approximate surface area is 152 Å². The van der Waals surface area contributed by atoms with Gasteiger partial charge in [-0.15, -0.1) is 11.3 Å². The van der Waals surface area contributed by atoms with Crippen LogP contribution < -0.4 is 5.56 Å². The van der Waals surface area contributed by atoms with Crippen molar-refractivity contribution in [3.63, 3.8) is 0 Å². The van der Waals surface area contributed by atoms with Crippen LogP contribution in [0, 0.1) is 13.8 Å². The summed E-state index contributed by atoms with van der Waals surface area (Å²) in [7, 11) is 0. The van der Waals surface area contributed by atoms with Crippen LogP contribution in [-0.2, 0) is 16.1 Å². The maximum absolute atomic E-state index is 12.4. The predicted octanol–water partition coefficient (Wildman–Crippen LogP) is 2.46. The number of aryl methyl sites for hydroxylation is 1. The number of carbonyl (C=O) groups excluding carboxylic acids is 2. The van der Waals surface area contributed by atoms with Crippen LogP contribution in [0.5, 0.6) is 0 Å². The maximum atomic E-state index is 12.4. The molecule has 3 rings (SSSR count). The molecule has 0 aliphatic carbocycles. The lowest BCUT2D eigenvalue weighted by atomic mass is 10.1. The number of esters is 2. The van der Waals surface area contributed by atoms with Crippen LogP contribution in [-0.4, -0.2) is 33.5 Å². The van der Waals surface area contributed by atoms with Crippen LogP contribution in [0.15, 0.2) is 16.2 Å². The summed E-state index contributed by atoms with van der Waals surface area (Å²) in [6, 6.07) is 1.73. The molecule has 8 nitrogen and oxygen atoms in total. The molecule has 0 fully saturated rings. The van der Waals surface area contributed by atoms with Crippen LogP contribution in [0.3, 0.4) is 0 Å². The van der Waals surface area contributed by atoms with Gasteiger partial charge in [0.2, 0.25) is 0 Å². The van der Waals surface area contributed by atoms with E-state index in [1.54, 1.807) is 32.2 Å². The number of aromatic nitrogens is 3. The number of hydrogen-bond acceptors (Lipinski definition) is 7. The van der Waals surface area contributed by atoms with E-state index in [2.05, 4.69) is 15.0 Å². The minimum atomic E-state index is -0.611. The van der Waals surface area contributed by atoms with E-state index in [1.807, 2.05) is 0 Å². The SMILES string of the molecule is CCOC(=O)c1[nH]c(C)c(C(=O)OCc2nc3ccsc3c(=O)[nH]2)c1C. The summed E-state index contributed by atoms with van der Waals surface area (Å²) in [6.45, 7) is 5.07. The Morgan fingerprint density at radius 2 is 1.96 bits per heavy atom. The molecule has 0 amide bonds. The van der Waals surface area contributed by atoms with Crippen molar-refractivity contribution in [1.82, 2.24) is 15.0 Å². The number of H-pyrrole nitrogens is 2. The first-order chi connectivity index (χ1) is 12.4. The van der Waals surface area contributed by atoms with Gasteiger partial charge < -0.3 is 19.4 Å². The number of aromatic amines is 2. The Balaban J connectivity index is 1.79. The van der Waals surface area contributed by atoms with E-state index < -0.39 is 11.9 Å². The van der Waals surface area contributed by atoms with Gasteiger partial charge in [-0.1, -0.05) is 0 Å². The van der Waals surface area contributed by atoms with E-state index in [0.717, 1.165) is 0 Å². The highest BCUT2D eigenvalue weighted by Gasteiger charge is 2.24. The van der Waals surface area contributed by atoms with Gasteiger partial charge in [0.1, 0.15) is 22.8 Å². The Morgan fingerprint density at radius 3 is 2.69 bits per heavy atom. The lowest BCUT2D eigenvalue weighted by Gasteiger charge is -2.05. The zero-order valence-corrected chi connectivity index (χ0v) is 15.3. The van der Waals surface area contributed by atoms with Crippen molar-refractivity contribution in [2.24, 2.45) is 0 Å². The fourth-order valence-electron chi connectivity index (χ4n) is 2.66. The zero-order valence-electron chi connectivity index (χ0n) is 14.5. The van der Waals surface area contributed by atoms with Gasteiger partial charge in [-0.05, 0) is 37.8 Å². The highest BCUT2D eigenvalue weighted by atomic mass is 32.1. The number of thiophene rings is 1. The van der Waals surface area contributed by atoms with Crippen molar-refractivity contribution < 1.29 is 19.1 Å². The second kappa shape index (κ2) is 7.12. The first-order valence-electron chi connectivity index (χ1n) is 7.92. The van der Waals surface area contributed by atoms with Crippen LogP contribution in [0.4, 0.5) is 0 Å². The van der Waals surface area contributed by atoms with Gasteiger partial charge in [0.05, 0.1) is 17.7 Å². The van der Waals surface area contributed by atoms with Gasteiger partial charge in [0.25, 0.3) is 5.56 Å². The number of rotatable bonds is 5. The number of carbonyl (C=O) groups is 2. The molecule has 3 heterocycles. The van der Waals surface area contributed by atoms with E-state index in [1.165, 1.54) is 11.3 Å². The molecule has 0 radical (unpaired) electrons. The number of nitrogens with one attached hydrogen (secondary N) is 2. The smallest absolute Gasteiger partial charge is 0.355 e. The molecule has 0 aliphatic rings. The van der Waals surface area contributed by atoms with E-state index in [4.69, 9.17) is 9.47 Å². The van der Waals surface area contributed by atoms with Crippen molar-refractivity contribution in [2.45, 2.75) is 27.4 Å². The van der Waals surface area contributed by atoms with Crippen molar-refractivity contribution in [3.05, 3.63) is 50.1 Å².